The molecule has 0 atom stereocenters. The monoisotopic (exact) mass is 356 g/mol. The second-order valence-corrected chi connectivity index (χ2v) is 7.45. The number of rotatable bonds is 5. The van der Waals surface area contributed by atoms with Gasteiger partial charge in [-0.2, -0.15) is 0 Å². The van der Waals surface area contributed by atoms with Gasteiger partial charge in [0, 0.05) is 12.5 Å². The van der Waals surface area contributed by atoms with E-state index < -0.39 is 0 Å². The largest absolute Gasteiger partial charge is 0.361 e. The van der Waals surface area contributed by atoms with Crippen LogP contribution in [0, 0.1) is 5.92 Å². The predicted molar refractivity (Wildman–Crippen MR) is 96.6 cm³/mol. The van der Waals surface area contributed by atoms with Crippen molar-refractivity contribution in [3.63, 3.8) is 0 Å². The number of nitrogens with one attached hydrogen (secondary N) is 2. The average Bonchev–Trinajstić information content (AvgIpc) is 3.27. The molecule has 25 heavy (non-hydrogen) atoms. The summed E-state index contributed by atoms with van der Waals surface area (Å²) in [5.74, 6) is 1.17. The van der Waals surface area contributed by atoms with Crippen molar-refractivity contribution in [3.8, 4) is 0 Å². The number of piperidine rings is 1. The third-order valence-electron chi connectivity index (χ3n) is 4.48. The molecule has 1 fully saturated rings. The summed E-state index contributed by atoms with van der Waals surface area (Å²) >= 11 is 1.59. The minimum absolute atomic E-state index is 0.223. The van der Waals surface area contributed by atoms with Crippen molar-refractivity contribution in [1.29, 1.82) is 0 Å². The Morgan fingerprint density at radius 1 is 1.32 bits per heavy atom. The van der Waals surface area contributed by atoms with Gasteiger partial charge in [-0.25, -0.2) is 4.98 Å². The molecule has 0 aliphatic carbocycles. The fraction of sp³-hybridized carbons (Fsp3) is 0.389. The van der Waals surface area contributed by atoms with Crippen LogP contribution in [0.4, 0.5) is 0 Å². The Labute approximate surface area is 149 Å². The lowest BCUT2D eigenvalue weighted by Gasteiger charge is -2.21. The number of hydrogen-bond donors (Lipinski definition) is 2. The van der Waals surface area contributed by atoms with Crippen molar-refractivity contribution in [1.82, 2.24) is 20.8 Å². The van der Waals surface area contributed by atoms with Crippen LogP contribution in [-0.4, -0.2) is 29.1 Å². The van der Waals surface area contributed by atoms with Crippen LogP contribution in [0.15, 0.2) is 34.9 Å². The topological polar surface area (TPSA) is 80.0 Å². The first-order valence-corrected chi connectivity index (χ1v) is 9.38. The van der Waals surface area contributed by atoms with Gasteiger partial charge < -0.3 is 15.2 Å². The Hall–Kier alpha value is -2.25. The molecule has 0 radical (unpaired) electrons. The van der Waals surface area contributed by atoms with Gasteiger partial charge in [-0.05, 0) is 44.0 Å². The van der Waals surface area contributed by atoms with Gasteiger partial charge in [0.2, 0.25) is 0 Å². The highest BCUT2D eigenvalue weighted by Crippen LogP contribution is 2.21. The highest BCUT2D eigenvalue weighted by atomic mass is 32.1. The van der Waals surface area contributed by atoms with Crippen LogP contribution in [0.5, 0.6) is 0 Å². The SMILES string of the molecule is O=C(NCc1nc2ccccc2s1)c1cc(CC2CCNCC2)on1. The molecular weight excluding hydrogens is 336 g/mol. The number of amides is 1. The second-order valence-electron chi connectivity index (χ2n) is 6.33. The smallest absolute Gasteiger partial charge is 0.273 e. The van der Waals surface area contributed by atoms with Crippen molar-refractivity contribution < 1.29 is 9.32 Å². The number of carbonyl (C=O) groups excluding carboxylic acids is 1. The summed E-state index contributed by atoms with van der Waals surface area (Å²) in [6.07, 6.45) is 3.12. The summed E-state index contributed by atoms with van der Waals surface area (Å²) in [6.45, 7) is 2.50. The molecule has 1 aliphatic rings. The van der Waals surface area contributed by atoms with Gasteiger partial charge in [0.05, 0.1) is 16.8 Å². The van der Waals surface area contributed by atoms with Gasteiger partial charge >= 0.3 is 0 Å². The molecule has 1 aromatic carbocycles. The van der Waals surface area contributed by atoms with Crippen molar-refractivity contribution in [3.05, 3.63) is 46.8 Å². The van der Waals surface area contributed by atoms with Gasteiger partial charge in [-0.1, -0.05) is 17.3 Å². The molecule has 0 spiro atoms. The van der Waals surface area contributed by atoms with E-state index in [-0.39, 0.29) is 5.91 Å². The highest BCUT2D eigenvalue weighted by molar-refractivity contribution is 7.18. The van der Waals surface area contributed by atoms with Crippen LogP contribution in [0.25, 0.3) is 10.2 Å². The molecule has 0 saturated carbocycles. The summed E-state index contributed by atoms with van der Waals surface area (Å²) in [5.41, 5.74) is 1.30. The van der Waals surface area contributed by atoms with Gasteiger partial charge in [0.25, 0.3) is 5.91 Å². The van der Waals surface area contributed by atoms with E-state index in [1.54, 1.807) is 17.4 Å². The lowest BCUT2D eigenvalue weighted by Crippen LogP contribution is -2.28. The first kappa shape index (κ1) is 16.2. The summed E-state index contributed by atoms with van der Waals surface area (Å²) in [6, 6.07) is 9.71. The Morgan fingerprint density at radius 3 is 3.00 bits per heavy atom. The summed E-state index contributed by atoms with van der Waals surface area (Å²) in [7, 11) is 0. The fourth-order valence-electron chi connectivity index (χ4n) is 3.13. The van der Waals surface area contributed by atoms with Crippen LogP contribution in [-0.2, 0) is 13.0 Å². The zero-order valence-corrected chi connectivity index (χ0v) is 14.6. The molecular formula is C18H20N4O2S. The lowest BCUT2D eigenvalue weighted by molar-refractivity contribution is 0.0941. The highest BCUT2D eigenvalue weighted by Gasteiger charge is 2.18. The number of aromatic nitrogens is 2. The lowest BCUT2D eigenvalue weighted by atomic mass is 9.93. The third-order valence-corrected chi connectivity index (χ3v) is 5.51. The number of benzene rings is 1. The van der Waals surface area contributed by atoms with E-state index in [9.17, 15) is 4.79 Å². The maximum Gasteiger partial charge on any atom is 0.273 e. The number of hydrogen-bond acceptors (Lipinski definition) is 6. The molecule has 1 amide bonds. The van der Waals surface area contributed by atoms with Gasteiger partial charge in [0.1, 0.15) is 10.8 Å². The number of carbonyl (C=O) groups is 1. The van der Waals surface area contributed by atoms with Gasteiger partial charge in [-0.3, -0.25) is 4.79 Å². The maximum atomic E-state index is 12.3. The standard InChI is InChI=1S/C18H20N4O2S/c23-18(20-11-17-21-14-3-1-2-4-16(14)25-17)15-10-13(24-22-15)9-12-5-7-19-8-6-12/h1-4,10,12,19H,5-9,11H2,(H,20,23). The molecule has 1 saturated heterocycles. The van der Waals surface area contributed by atoms with Crippen LogP contribution in [0.1, 0.15) is 34.1 Å². The minimum Gasteiger partial charge on any atom is -0.361 e. The molecule has 2 N–H and O–H groups in total. The molecule has 1 aliphatic heterocycles. The zero-order chi connectivity index (χ0) is 17.1. The van der Waals surface area contributed by atoms with E-state index in [0.29, 0.717) is 18.2 Å². The number of para-hydroxylation sites is 1. The van der Waals surface area contributed by atoms with Crippen LogP contribution >= 0.6 is 11.3 Å². The molecule has 0 bridgehead atoms. The Balaban J connectivity index is 1.34. The third kappa shape index (κ3) is 3.88. The molecule has 3 aromatic rings. The average molecular weight is 356 g/mol. The Kier molecular flexibility index (Phi) is 4.76. The van der Waals surface area contributed by atoms with Crippen molar-refractivity contribution in [2.24, 2.45) is 5.92 Å². The van der Waals surface area contributed by atoms with Crippen molar-refractivity contribution >= 4 is 27.5 Å². The van der Waals surface area contributed by atoms with E-state index in [1.165, 1.54) is 0 Å². The number of nitrogens with zero attached hydrogens (tertiary/aromatic N) is 2. The predicted octanol–water partition coefficient (Wildman–Crippen LogP) is 2.76. The van der Waals surface area contributed by atoms with Gasteiger partial charge in [0.15, 0.2) is 5.69 Å². The molecule has 3 heterocycles. The summed E-state index contributed by atoms with van der Waals surface area (Å²) < 4.78 is 6.47. The molecule has 2 aromatic heterocycles. The normalized spacial score (nSPS) is 15.5. The fourth-order valence-corrected chi connectivity index (χ4v) is 4.04. The molecule has 6 nitrogen and oxygen atoms in total. The van der Waals surface area contributed by atoms with Crippen LogP contribution in [0.2, 0.25) is 0 Å². The van der Waals surface area contributed by atoms with E-state index >= 15 is 0 Å². The van der Waals surface area contributed by atoms with E-state index in [0.717, 1.165) is 53.3 Å². The minimum atomic E-state index is -0.223. The van der Waals surface area contributed by atoms with Crippen molar-refractivity contribution in [2.75, 3.05) is 13.1 Å². The summed E-state index contributed by atoms with van der Waals surface area (Å²) in [4.78, 5) is 16.8. The Bertz CT molecular complexity index is 834. The molecule has 130 valence electrons. The van der Waals surface area contributed by atoms with E-state index in [4.69, 9.17) is 4.52 Å². The maximum absolute atomic E-state index is 12.3. The van der Waals surface area contributed by atoms with E-state index in [2.05, 4.69) is 20.8 Å². The van der Waals surface area contributed by atoms with E-state index in [1.807, 2.05) is 24.3 Å². The summed E-state index contributed by atoms with van der Waals surface area (Å²) in [5, 5.41) is 11.0. The molecule has 7 heteroatoms. The molecule has 4 rings (SSSR count). The quantitative estimate of drug-likeness (QED) is 0.735. The Morgan fingerprint density at radius 2 is 2.16 bits per heavy atom. The number of thiazole rings is 1. The van der Waals surface area contributed by atoms with Crippen LogP contribution < -0.4 is 10.6 Å². The second kappa shape index (κ2) is 7.33. The molecule has 0 unspecified atom stereocenters. The first-order chi connectivity index (χ1) is 12.3. The van der Waals surface area contributed by atoms with Crippen LogP contribution in [0.3, 0.4) is 0 Å². The zero-order valence-electron chi connectivity index (χ0n) is 13.8. The van der Waals surface area contributed by atoms with Gasteiger partial charge in [-0.15, -0.1) is 11.3 Å². The first-order valence-electron chi connectivity index (χ1n) is 8.57. The number of fused-ring (bicyclic) bond motifs is 1. The van der Waals surface area contributed by atoms with Crippen molar-refractivity contribution in [2.45, 2.75) is 25.8 Å².